The van der Waals surface area contributed by atoms with E-state index in [0.29, 0.717) is 43.6 Å². The number of anilines is 1. The van der Waals surface area contributed by atoms with Gasteiger partial charge >= 0.3 is 6.03 Å². The molecule has 1 atom stereocenters. The molecule has 3 aromatic rings. The van der Waals surface area contributed by atoms with Crippen LogP contribution in [-0.4, -0.2) is 51.6 Å². The average Bonchev–Trinajstić information content (AvgIpc) is 2.84. The standard InChI is InChI=1S/C25H29F2N5O2/c1-3-11-32-23(28-20-8-6-5-7-18(20)24(32)33)22(4-2)30-12-14-31(15-13-30)25(34)29-21-10-9-17(26)16-19(21)27/h5-10,16,22H,3-4,11-15H2,1-2H3,(H,29,34). The number of halogens is 2. The number of nitrogens with zero attached hydrogens (tertiary/aromatic N) is 4. The van der Waals surface area contributed by atoms with Gasteiger partial charge in [0.15, 0.2) is 0 Å². The van der Waals surface area contributed by atoms with E-state index in [2.05, 4.69) is 17.1 Å². The van der Waals surface area contributed by atoms with Gasteiger partial charge in [0.2, 0.25) is 0 Å². The Hall–Kier alpha value is -3.33. The predicted octanol–water partition coefficient (Wildman–Crippen LogP) is 4.39. The molecular formula is C25H29F2N5O2. The number of aromatic nitrogens is 2. The molecule has 0 spiro atoms. The lowest BCUT2D eigenvalue weighted by atomic mass is 10.1. The van der Waals surface area contributed by atoms with Gasteiger partial charge in [-0.15, -0.1) is 0 Å². The summed E-state index contributed by atoms with van der Waals surface area (Å²) in [6.45, 7) is 6.76. The van der Waals surface area contributed by atoms with Crippen molar-refractivity contribution in [3.8, 4) is 0 Å². The molecule has 0 saturated carbocycles. The van der Waals surface area contributed by atoms with E-state index in [-0.39, 0.29) is 17.3 Å². The van der Waals surface area contributed by atoms with E-state index < -0.39 is 17.7 Å². The zero-order valence-corrected chi connectivity index (χ0v) is 19.4. The van der Waals surface area contributed by atoms with Crippen LogP contribution < -0.4 is 10.9 Å². The van der Waals surface area contributed by atoms with Crippen molar-refractivity contribution < 1.29 is 13.6 Å². The lowest BCUT2D eigenvalue weighted by molar-refractivity contribution is 0.105. The number of para-hydroxylation sites is 1. The van der Waals surface area contributed by atoms with Crippen molar-refractivity contribution in [1.82, 2.24) is 19.4 Å². The summed E-state index contributed by atoms with van der Waals surface area (Å²) in [4.78, 5) is 34.6. The molecule has 2 heterocycles. The minimum atomic E-state index is -0.811. The van der Waals surface area contributed by atoms with Gasteiger partial charge in [-0.3, -0.25) is 14.3 Å². The van der Waals surface area contributed by atoms with Gasteiger partial charge in [-0.25, -0.2) is 18.6 Å². The van der Waals surface area contributed by atoms with Gasteiger partial charge in [-0.2, -0.15) is 0 Å². The zero-order chi connectivity index (χ0) is 24.2. The first-order valence-electron chi connectivity index (χ1n) is 11.7. The normalized spacial score (nSPS) is 15.5. The van der Waals surface area contributed by atoms with Gasteiger partial charge in [0, 0.05) is 38.8 Å². The number of urea groups is 1. The first-order valence-corrected chi connectivity index (χ1v) is 11.7. The molecule has 1 aliphatic rings. The fraction of sp³-hybridized carbons (Fsp3) is 0.400. The van der Waals surface area contributed by atoms with E-state index in [1.165, 1.54) is 6.07 Å². The highest BCUT2D eigenvalue weighted by molar-refractivity contribution is 5.89. The van der Waals surface area contributed by atoms with E-state index in [1.54, 1.807) is 9.47 Å². The highest BCUT2D eigenvalue weighted by atomic mass is 19.1. The van der Waals surface area contributed by atoms with Crippen LogP contribution in [0.5, 0.6) is 0 Å². The number of carbonyl (C=O) groups is 1. The van der Waals surface area contributed by atoms with E-state index >= 15 is 0 Å². The summed E-state index contributed by atoms with van der Waals surface area (Å²) in [5.74, 6) is -0.757. The Morgan fingerprint density at radius 2 is 1.82 bits per heavy atom. The minimum Gasteiger partial charge on any atom is -0.322 e. The Kier molecular flexibility index (Phi) is 7.21. The van der Waals surface area contributed by atoms with Gasteiger partial charge in [-0.1, -0.05) is 26.0 Å². The molecule has 9 heteroatoms. The Labute approximate surface area is 197 Å². The van der Waals surface area contributed by atoms with Crippen LogP contribution in [0.25, 0.3) is 10.9 Å². The van der Waals surface area contributed by atoms with Crippen LogP contribution in [0.3, 0.4) is 0 Å². The molecule has 180 valence electrons. The number of rotatable bonds is 6. The highest BCUT2D eigenvalue weighted by Gasteiger charge is 2.29. The van der Waals surface area contributed by atoms with Gasteiger partial charge in [0.1, 0.15) is 17.5 Å². The fourth-order valence-corrected chi connectivity index (χ4v) is 4.51. The summed E-state index contributed by atoms with van der Waals surface area (Å²) in [5.41, 5.74) is 0.608. The fourth-order valence-electron chi connectivity index (χ4n) is 4.51. The van der Waals surface area contributed by atoms with Crippen molar-refractivity contribution in [2.24, 2.45) is 0 Å². The van der Waals surface area contributed by atoms with Crippen LogP contribution in [0, 0.1) is 11.6 Å². The van der Waals surface area contributed by atoms with E-state index in [9.17, 15) is 18.4 Å². The number of hydrogen-bond acceptors (Lipinski definition) is 4. The summed E-state index contributed by atoms with van der Waals surface area (Å²) in [7, 11) is 0. The number of piperazine rings is 1. The van der Waals surface area contributed by atoms with Gasteiger partial charge in [-0.05, 0) is 37.1 Å². The third-order valence-electron chi connectivity index (χ3n) is 6.24. The first kappa shape index (κ1) is 23.8. The predicted molar refractivity (Wildman–Crippen MR) is 128 cm³/mol. The lowest BCUT2D eigenvalue weighted by Gasteiger charge is -2.39. The molecular weight excluding hydrogens is 440 g/mol. The molecule has 1 N–H and O–H groups in total. The van der Waals surface area contributed by atoms with Crippen LogP contribution in [0.15, 0.2) is 47.3 Å². The smallest absolute Gasteiger partial charge is 0.322 e. The second kappa shape index (κ2) is 10.3. The molecule has 7 nitrogen and oxygen atoms in total. The number of carbonyl (C=O) groups excluding carboxylic acids is 1. The zero-order valence-electron chi connectivity index (χ0n) is 19.4. The Morgan fingerprint density at radius 3 is 2.50 bits per heavy atom. The van der Waals surface area contributed by atoms with Crippen molar-refractivity contribution in [3.63, 3.8) is 0 Å². The van der Waals surface area contributed by atoms with Gasteiger partial charge in [0.05, 0.1) is 22.6 Å². The monoisotopic (exact) mass is 469 g/mol. The SMILES string of the molecule is CCCn1c(C(CC)N2CCN(C(=O)Nc3ccc(F)cc3F)CC2)nc2ccccc2c1=O. The molecule has 4 rings (SSSR count). The van der Waals surface area contributed by atoms with Gasteiger partial charge < -0.3 is 10.2 Å². The van der Waals surface area contributed by atoms with E-state index in [1.807, 2.05) is 31.2 Å². The number of benzene rings is 2. The van der Waals surface area contributed by atoms with Crippen LogP contribution in [0.4, 0.5) is 19.3 Å². The largest absolute Gasteiger partial charge is 0.322 e. The van der Waals surface area contributed by atoms with Crippen LogP contribution in [0.2, 0.25) is 0 Å². The van der Waals surface area contributed by atoms with Crippen LogP contribution in [-0.2, 0) is 6.54 Å². The third kappa shape index (κ3) is 4.79. The number of amides is 2. The van der Waals surface area contributed by atoms with Crippen LogP contribution >= 0.6 is 0 Å². The summed E-state index contributed by atoms with van der Waals surface area (Å²) in [6, 6.07) is 9.97. The average molecular weight is 470 g/mol. The van der Waals surface area contributed by atoms with Crippen molar-refractivity contribution in [1.29, 1.82) is 0 Å². The molecule has 1 saturated heterocycles. The Morgan fingerprint density at radius 1 is 1.09 bits per heavy atom. The number of hydrogen-bond donors (Lipinski definition) is 1. The molecule has 0 radical (unpaired) electrons. The molecule has 1 aliphatic heterocycles. The molecule has 0 aliphatic carbocycles. The van der Waals surface area contributed by atoms with Crippen molar-refractivity contribution in [3.05, 3.63) is 70.3 Å². The van der Waals surface area contributed by atoms with E-state index in [0.717, 1.165) is 30.8 Å². The number of fused-ring (bicyclic) bond motifs is 1. The quantitative estimate of drug-likeness (QED) is 0.582. The maximum absolute atomic E-state index is 13.9. The topological polar surface area (TPSA) is 70.5 Å². The minimum absolute atomic E-state index is 0.0276. The maximum Gasteiger partial charge on any atom is 0.322 e. The summed E-state index contributed by atoms with van der Waals surface area (Å²) in [6.07, 6.45) is 1.58. The molecule has 1 fully saturated rings. The summed E-state index contributed by atoms with van der Waals surface area (Å²) >= 11 is 0. The van der Waals surface area contributed by atoms with Crippen molar-refractivity contribution >= 4 is 22.6 Å². The molecule has 2 amide bonds. The lowest BCUT2D eigenvalue weighted by Crippen LogP contribution is -2.51. The summed E-state index contributed by atoms with van der Waals surface area (Å²) < 4.78 is 28.8. The first-order chi connectivity index (χ1) is 16.4. The number of nitrogens with one attached hydrogen (secondary N) is 1. The molecule has 2 aromatic carbocycles. The van der Waals surface area contributed by atoms with E-state index in [4.69, 9.17) is 4.98 Å². The second-order valence-electron chi connectivity index (χ2n) is 8.45. The maximum atomic E-state index is 13.9. The Balaban J connectivity index is 1.51. The van der Waals surface area contributed by atoms with Crippen molar-refractivity contribution in [2.75, 3.05) is 31.5 Å². The molecule has 1 unspecified atom stereocenters. The third-order valence-corrected chi connectivity index (χ3v) is 6.24. The second-order valence-corrected chi connectivity index (χ2v) is 8.45. The van der Waals surface area contributed by atoms with Gasteiger partial charge in [0.25, 0.3) is 5.56 Å². The highest BCUT2D eigenvalue weighted by Crippen LogP contribution is 2.25. The Bertz CT molecular complexity index is 1240. The van der Waals surface area contributed by atoms with Crippen LogP contribution in [0.1, 0.15) is 38.6 Å². The molecule has 34 heavy (non-hydrogen) atoms. The van der Waals surface area contributed by atoms with Crippen molar-refractivity contribution in [2.45, 2.75) is 39.3 Å². The molecule has 0 bridgehead atoms. The summed E-state index contributed by atoms with van der Waals surface area (Å²) in [5, 5.41) is 3.13. The molecule has 1 aromatic heterocycles.